The average molecular weight is 292 g/mol. The molecule has 3 nitrogen and oxygen atoms in total. The van der Waals surface area contributed by atoms with Crippen molar-refractivity contribution in [2.75, 3.05) is 0 Å². The van der Waals surface area contributed by atoms with E-state index in [0.717, 1.165) is 0 Å². The Morgan fingerprint density at radius 3 is 1.90 bits per heavy atom. The fraction of sp³-hybridized carbons (Fsp3) is 0.600. The standard InChI is InChI=1S/C15H25BO3Si/c1-14(2)15(3,4)19-16(18-14)12-9-8-11(10-13(12)17)20(5,6)7/h8-10,17H,1-7H3. The summed E-state index contributed by atoms with van der Waals surface area (Å²) in [6.07, 6.45) is 0. The summed E-state index contributed by atoms with van der Waals surface area (Å²) in [5.41, 5.74) is -0.0611. The second-order valence-corrected chi connectivity index (χ2v) is 12.7. The number of hydrogen-bond acceptors (Lipinski definition) is 3. The maximum Gasteiger partial charge on any atom is 0.498 e. The van der Waals surface area contributed by atoms with Crippen LogP contribution in [-0.4, -0.2) is 31.5 Å². The minimum absolute atomic E-state index is 0.267. The SMILES string of the molecule is CC1(C)OB(c2ccc([Si](C)(C)C)cc2O)OC1(C)C. The number of hydrogen-bond donors (Lipinski definition) is 1. The van der Waals surface area contributed by atoms with Gasteiger partial charge in [0.1, 0.15) is 5.75 Å². The second kappa shape index (κ2) is 4.61. The predicted octanol–water partition coefficient (Wildman–Crippen LogP) is 2.24. The highest BCUT2D eigenvalue weighted by molar-refractivity contribution is 6.88. The molecule has 1 fully saturated rings. The van der Waals surface area contributed by atoms with Crippen LogP contribution in [0.3, 0.4) is 0 Å². The van der Waals surface area contributed by atoms with E-state index in [9.17, 15) is 5.11 Å². The summed E-state index contributed by atoms with van der Waals surface area (Å²) in [4.78, 5) is 0. The zero-order valence-electron chi connectivity index (χ0n) is 13.6. The van der Waals surface area contributed by atoms with Crippen molar-refractivity contribution < 1.29 is 14.4 Å². The summed E-state index contributed by atoms with van der Waals surface area (Å²) in [6.45, 7) is 14.8. The van der Waals surface area contributed by atoms with Gasteiger partial charge in [-0.3, -0.25) is 0 Å². The second-order valence-electron chi connectivity index (χ2n) is 7.61. The maximum absolute atomic E-state index is 10.3. The van der Waals surface area contributed by atoms with Gasteiger partial charge in [-0.15, -0.1) is 0 Å². The first-order valence-corrected chi connectivity index (χ1v) is 10.6. The zero-order chi connectivity index (χ0) is 15.3. The molecule has 1 aromatic rings. The van der Waals surface area contributed by atoms with Gasteiger partial charge < -0.3 is 14.4 Å². The third kappa shape index (κ3) is 2.67. The van der Waals surface area contributed by atoms with Gasteiger partial charge in [0.15, 0.2) is 0 Å². The molecule has 0 saturated carbocycles. The molecular formula is C15H25BO3Si. The van der Waals surface area contributed by atoms with Crippen molar-refractivity contribution in [1.29, 1.82) is 0 Å². The van der Waals surface area contributed by atoms with Gasteiger partial charge in [-0.2, -0.15) is 0 Å². The predicted molar refractivity (Wildman–Crippen MR) is 86.8 cm³/mol. The van der Waals surface area contributed by atoms with Crippen LogP contribution in [0.25, 0.3) is 0 Å². The molecule has 5 heteroatoms. The van der Waals surface area contributed by atoms with E-state index in [-0.39, 0.29) is 17.0 Å². The molecule has 1 N–H and O–H groups in total. The Labute approximate surface area is 123 Å². The lowest BCUT2D eigenvalue weighted by Crippen LogP contribution is -2.41. The van der Waals surface area contributed by atoms with E-state index in [1.54, 1.807) is 0 Å². The Morgan fingerprint density at radius 1 is 1.00 bits per heavy atom. The normalized spacial score (nSPS) is 21.2. The molecule has 0 radical (unpaired) electrons. The van der Waals surface area contributed by atoms with Gasteiger partial charge in [-0.25, -0.2) is 0 Å². The molecule has 0 unspecified atom stereocenters. The van der Waals surface area contributed by atoms with Crippen LogP contribution >= 0.6 is 0 Å². The highest BCUT2D eigenvalue weighted by atomic mass is 28.3. The number of benzene rings is 1. The molecule has 1 saturated heterocycles. The third-order valence-corrected chi connectivity index (χ3v) is 6.45. The molecule has 2 rings (SSSR count). The molecule has 0 atom stereocenters. The number of aromatic hydroxyl groups is 1. The van der Waals surface area contributed by atoms with Crippen LogP contribution in [0, 0.1) is 0 Å². The Morgan fingerprint density at radius 2 is 1.50 bits per heavy atom. The Hall–Kier alpha value is -0.778. The molecule has 0 amide bonds. The Balaban J connectivity index is 2.33. The van der Waals surface area contributed by atoms with E-state index in [1.807, 2.05) is 39.8 Å². The minimum Gasteiger partial charge on any atom is -0.508 e. The van der Waals surface area contributed by atoms with E-state index in [4.69, 9.17) is 9.31 Å². The van der Waals surface area contributed by atoms with Gasteiger partial charge in [0.25, 0.3) is 0 Å². The van der Waals surface area contributed by atoms with E-state index in [2.05, 4.69) is 25.7 Å². The van der Waals surface area contributed by atoms with Crippen LogP contribution in [0.2, 0.25) is 19.6 Å². The van der Waals surface area contributed by atoms with E-state index < -0.39 is 15.2 Å². The largest absolute Gasteiger partial charge is 0.508 e. The van der Waals surface area contributed by atoms with Gasteiger partial charge in [-0.1, -0.05) is 37.0 Å². The summed E-state index contributed by atoms with van der Waals surface area (Å²) in [6, 6.07) is 5.89. The van der Waals surface area contributed by atoms with E-state index in [0.29, 0.717) is 5.46 Å². The Kier molecular flexibility index (Phi) is 3.60. The molecular weight excluding hydrogens is 267 g/mol. The highest BCUT2D eigenvalue weighted by Gasteiger charge is 2.52. The molecule has 0 bridgehead atoms. The first kappa shape index (κ1) is 15.6. The summed E-state index contributed by atoms with van der Waals surface area (Å²) in [5, 5.41) is 11.5. The molecule has 1 aromatic carbocycles. The van der Waals surface area contributed by atoms with Crippen LogP contribution < -0.4 is 10.6 Å². The van der Waals surface area contributed by atoms with Crippen molar-refractivity contribution in [3.05, 3.63) is 18.2 Å². The van der Waals surface area contributed by atoms with Crippen molar-refractivity contribution in [3.8, 4) is 5.75 Å². The lowest BCUT2D eigenvalue weighted by atomic mass is 9.78. The summed E-state index contributed by atoms with van der Waals surface area (Å²) >= 11 is 0. The number of rotatable bonds is 2. The number of phenols is 1. The van der Waals surface area contributed by atoms with Crippen molar-refractivity contribution in [2.24, 2.45) is 0 Å². The highest BCUT2D eigenvalue weighted by Crippen LogP contribution is 2.37. The minimum atomic E-state index is -1.43. The van der Waals surface area contributed by atoms with Crippen molar-refractivity contribution >= 4 is 25.8 Å². The molecule has 0 aromatic heterocycles. The molecule has 1 aliphatic rings. The molecule has 1 aliphatic heterocycles. The van der Waals surface area contributed by atoms with Crippen molar-refractivity contribution in [3.63, 3.8) is 0 Å². The molecule has 1 heterocycles. The van der Waals surface area contributed by atoms with Crippen molar-refractivity contribution in [2.45, 2.75) is 58.5 Å². The number of phenolic OH excluding ortho intramolecular Hbond substituents is 1. The van der Waals surface area contributed by atoms with Gasteiger partial charge in [0, 0.05) is 5.46 Å². The average Bonchev–Trinajstić information content (AvgIpc) is 2.46. The first-order chi connectivity index (χ1) is 8.94. The topological polar surface area (TPSA) is 38.7 Å². The van der Waals surface area contributed by atoms with Crippen LogP contribution in [0.15, 0.2) is 18.2 Å². The molecule has 110 valence electrons. The van der Waals surface area contributed by atoms with Gasteiger partial charge in [-0.05, 0) is 33.8 Å². The van der Waals surface area contributed by atoms with Crippen molar-refractivity contribution in [1.82, 2.24) is 0 Å². The van der Waals surface area contributed by atoms with E-state index >= 15 is 0 Å². The van der Waals surface area contributed by atoms with Crippen LogP contribution in [0.1, 0.15) is 27.7 Å². The fourth-order valence-electron chi connectivity index (χ4n) is 2.18. The van der Waals surface area contributed by atoms with Gasteiger partial charge >= 0.3 is 7.12 Å². The summed E-state index contributed by atoms with van der Waals surface area (Å²) < 4.78 is 12.0. The summed E-state index contributed by atoms with van der Waals surface area (Å²) in [5.74, 6) is 0.267. The van der Waals surface area contributed by atoms with Gasteiger partial charge in [0.2, 0.25) is 0 Å². The zero-order valence-corrected chi connectivity index (χ0v) is 14.6. The Bertz CT molecular complexity index is 504. The monoisotopic (exact) mass is 292 g/mol. The fourth-order valence-corrected chi connectivity index (χ4v) is 3.33. The molecule has 20 heavy (non-hydrogen) atoms. The third-order valence-electron chi connectivity index (χ3n) is 4.40. The smallest absolute Gasteiger partial charge is 0.498 e. The van der Waals surface area contributed by atoms with Gasteiger partial charge in [0.05, 0.1) is 19.3 Å². The molecule has 0 aliphatic carbocycles. The maximum atomic E-state index is 10.3. The lowest BCUT2D eigenvalue weighted by molar-refractivity contribution is 0.00578. The van der Waals surface area contributed by atoms with E-state index in [1.165, 1.54) is 5.19 Å². The molecule has 0 spiro atoms. The van der Waals surface area contributed by atoms with Crippen LogP contribution in [-0.2, 0) is 9.31 Å². The van der Waals surface area contributed by atoms with Crippen LogP contribution in [0.4, 0.5) is 0 Å². The first-order valence-electron chi connectivity index (χ1n) is 7.13. The lowest BCUT2D eigenvalue weighted by Gasteiger charge is -2.32. The summed E-state index contributed by atoms with van der Waals surface area (Å²) in [7, 11) is -1.93. The van der Waals surface area contributed by atoms with Crippen LogP contribution in [0.5, 0.6) is 5.75 Å². The quantitative estimate of drug-likeness (QED) is 0.850.